The maximum Gasteiger partial charge on any atom is 0.165 e. The lowest BCUT2D eigenvalue weighted by molar-refractivity contribution is 0.294. The van der Waals surface area contributed by atoms with Crippen LogP contribution in [-0.4, -0.2) is 11.6 Å². The van der Waals surface area contributed by atoms with E-state index in [1.54, 1.807) is 12.1 Å². The normalized spacial score (nSPS) is 12.1. The van der Waals surface area contributed by atoms with Crippen LogP contribution >= 0.6 is 0 Å². The van der Waals surface area contributed by atoms with Crippen LogP contribution in [0.3, 0.4) is 0 Å². The van der Waals surface area contributed by atoms with Gasteiger partial charge < -0.3 is 4.74 Å². The number of benzene rings is 1. The van der Waals surface area contributed by atoms with E-state index in [0.717, 1.165) is 36.9 Å². The highest BCUT2D eigenvalue weighted by molar-refractivity contribution is 5.32. The Morgan fingerprint density at radius 3 is 2.27 bits per heavy atom. The van der Waals surface area contributed by atoms with Gasteiger partial charge in [-0.1, -0.05) is 83.8 Å². The number of unbranched alkanes of at least 4 members (excludes halogenated alkanes) is 8. The standard InChI is InChI=1S/C27H40FNO/c1-3-5-7-8-9-10-11-12-15-23(21-25-16-13-14-19-29-25)24-17-18-27(26(28)22-24)30-20-6-4-2/h13-14,16-19,22-23H,3-12,15,20-21H2,1-2H3. The van der Waals surface area contributed by atoms with Gasteiger partial charge in [0.25, 0.3) is 0 Å². The summed E-state index contributed by atoms with van der Waals surface area (Å²) in [6.45, 7) is 4.94. The maximum absolute atomic E-state index is 14.6. The molecule has 0 aliphatic rings. The van der Waals surface area contributed by atoms with E-state index in [0.29, 0.717) is 18.3 Å². The highest BCUT2D eigenvalue weighted by Crippen LogP contribution is 2.30. The summed E-state index contributed by atoms with van der Waals surface area (Å²) in [5.41, 5.74) is 2.13. The molecule has 1 unspecified atom stereocenters. The number of rotatable bonds is 16. The van der Waals surface area contributed by atoms with Gasteiger partial charge in [-0.25, -0.2) is 4.39 Å². The average Bonchev–Trinajstić information content (AvgIpc) is 2.76. The van der Waals surface area contributed by atoms with E-state index >= 15 is 0 Å². The van der Waals surface area contributed by atoms with Gasteiger partial charge in [-0.2, -0.15) is 0 Å². The summed E-state index contributed by atoms with van der Waals surface area (Å²) in [5, 5.41) is 0. The summed E-state index contributed by atoms with van der Waals surface area (Å²) in [6.07, 6.45) is 16.2. The monoisotopic (exact) mass is 413 g/mol. The Morgan fingerprint density at radius 1 is 0.867 bits per heavy atom. The fourth-order valence-electron chi connectivity index (χ4n) is 3.90. The predicted octanol–water partition coefficient (Wildman–Crippen LogP) is 8.26. The summed E-state index contributed by atoms with van der Waals surface area (Å²) < 4.78 is 20.2. The SMILES string of the molecule is CCCCCCCCCCC(Cc1ccccn1)c1ccc(OCCCC)c(F)c1. The molecule has 0 spiro atoms. The summed E-state index contributed by atoms with van der Waals surface area (Å²) in [5.74, 6) is 0.417. The number of ether oxygens (including phenoxy) is 1. The second-order valence-electron chi connectivity index (χ2n) is 8.38. The van der Waals surface area contributed by atoms with Gasteiger partial charge in [0.15, 0.2) is 11.6 Å². The molecule has 1 atom stereocenters. The van der Waals surface area contributed by atoms with Gasteiger partial charge in [-0.05, 0) is 55.0 Å². The minimum Gasteiger partial charge on any atom is -0.491 e. The van der Waals surface area contributed by atoms with Crippen LogP contribution in [0.2, 0.25) is 0 Å². The molecule has 1 aromatic carbocycles. The second kappa shape index (κ2) is 15.0. The molecule has 30 heavy (non-hydrogen) atoms. The van der Waals surface area contributed by atoms with Gasteiger partial charge in [-0.3, -0.25) is 4.98 Å². The minimum absolute atomic E-state index is 0.245. The van der Waals surface area contributed by atoms with E-state index < -0.39 is 0 Å². The van der Waals surface area contributed by atoms with Crippen LogP contribution in [-0.2, 0) is 6.42 Å². The lowest BCUT2D eigenvalue weighted by Crippen LogP contribution is -2.06. The van der Waals surface area contributed by atoms with Crippen LogP contribution in [0.15, 0.2) is 42.6 Å². The first-order valence-corrected chi connectivity index (χ1v) is 12.1. The van der Waals surface area contributed by atoms with E-state index in [9.17, 15) is 4.39 Å². The number of nitrogens with zero attached hydrogens (tertiary/aromatic N) is 1. The Labute approximate surface area is 183 Å². The summed E-state index contributed by atoms with van der Waals surface area (Å²) in [7, 11) is 0. The van der Waals surface area contributed by atoms with Gasteiger partial charge in [0.05, 0.1) is 6.61 Å². The molecule has 0 radical (unpaired) electrons. The Morgan fingerprint density at radius 2 is 1.60 bits per heavy atom. The molecule has 0 amide bonds. The molecule has 0 bridgehead atoms. The van der Waals surface area contributed by atoms with Crippen molar-refractivity contribution in [1.82, 2.24) is 4.98 Å². The molecule has 2 rings (SSSR count). The van der Waals surface area contributed by atoms with Crippen molar-refractivity contribution in [3.8, 4) is 5.75 Å². The second-order valence-corrected chi connectivity index (χ2v) is 8.38. The molecule has 2 aromatic rings. The van der Waals surface area contributed by atoms with Crippen molar-refractivity contribution in [2.45, 2.75) is 96.8 Å². The molecule has 1 heterocycles. The number of aromatic nitrogens is 1. The van der Waals surface area contributed by atoms with Crippen molar-refractivity contribution < 1.29 is 9.13 Å². The maximum atomic E-state index is 14.6. The predicted molar refractivity (Wildman–Crippen MR) is 125 cm³/mol. The van der Waals surface area contributed by atoms with E-state index in [-0.39, 0.29) is 5.82 Å². The number of hydrogen-bond donors (Lipinski definition) is 0. The highest BCUT2D eigenvalue weighted by Gasteiger charge is 2.16. The van der Waals surface area contributed by atoms with Gasteiger partial charge in [-0.15, -0.1) is 0 Å². The third kappa shape index (κ3) is 9.28. The first kappa shape index (κ1) is 24.4. The summed E-state index contributed by atoms with van der Waals surface area (Å²) in [6, 6.07) is 11.6. The van der Waals surface area contributed by atoms with Crippen LogP contribution in [0, 0.1) is 5.82 Å². The fraction of sp³-hybridized carbons (Fsp3) is 0.593. The fourth-order valence-corrected chi connectivity index (χ4v) is 3.90. The molecule has 0 saturated carbocycles. The van der Waals surface area contributed by atoms with Crippen molar-refractivity contribution >= 4 is 0 Å². The Hall–Kier alpha value is -1.90. The van der Waals surface area contributed by atoms with Gasteiger partial charge in [0.1, 0.15) is 0 Å². The van der Waals surface area contributed by atoms with E-state index in [1.165, 1.54) is 51.4 Å². The van der Waals surface area contributed by atoms with E-state index in [2.05, 4.69) is 24.9 Å². The Balaban J connectivity index is 1.93. The van der Waals surface area contributed by atoms with Crippen LogP contribution in [0.5, 0.6) is 5.75 Å². The molecule has 166 valence electrons. The van der Waals surface area contributed by atoms with Gasteiger partial charge in [0, 0.05) is 11.9 Å². The largest absolute Gasteiger partial charge is 0.491 e. The summed E-state index contributed by atoms with van der Waals surface area (Å²) in [4.78, 5) is 4.50. The molecule has 3 heteroatoms. The van der Waals surface area contributed by atoms with E-state index in [4.69, 9.17) is 4.74 Å². The smallest absolute Gasteiger partial charge is 0.165 e. The summed E-state index contributed by atoms with van der Waals surface area (Å²) >= 11 is 0. The zero-order valence-corrected chi connectivity index (χ0v) is 19.0. The van der Waals surface area contributed by atoms with Gasteiger partial charge in [0.2, 0.25) is 0 Å². The lowest BCUT2D eigenvalue weighted by Gasteiger charge is -2.18. The topological polar surface area (TPSA) is 22.1 Å². The third-order valence-electron chi connectivity index (χ3n) is 5.77. The van der Waals surface area contributed by atoms with Crippen molar-refractivity contribution in [3.63, 3.8) is 0 Å². The highest BCUT2D eigenvalue weighted by atomic mass is 19.1. The number of hydrogen-bond acceptors (Lipinski definition) is 2. The number of halogens is 1. The van der Waals surface area contributed by atoms with Crippen molar-refractivity contribution in [1.29, 1.82) is 0 Å². The van der Waals surface area contributed by atoms with Crippen molar-refractivity contribution in [3.05, 3.63) is 59.7 Å². The molecular formula is C27H40FNO. The van der Waals surface area contributed by atoms with Crippen LogP contribution < -0.4 is 4.74 Å². The quantitative estimate of drug-likeness (QED) is 0.258. The molecule has 0 N–H and O–H groups in total. The molecule has 0 fully saturated rings. The van der Waals surface area contributed by atoms with Crippen LogP contribution in [0.1, 0.15) is 102 Å². The van der Waals surface area contributed by atoms with Crippen molar-refractivity contribution in [2.24, 2.45) is 0 Å². The Bertz CT molecular complexity index is 689. The molecule has 1 aromatic heterocycles. The first-order valence-electron chi connectivity index (χ1n) is 12.1. The lowest BCUT2D eigenvalue weighted by atomic mass is 9.88. The van der Waals surface area contributed by atoms with Gasteiger partial charge >= 0.3 is 0 Å². The zero-order valence-electron chi connectivity index (χ0n) is 19.0. The zero-order chi connectivity index (χ0) is 21.4. The van der Waals surface area contributed by atoms with Crippen LogP contribution in [0.4, 0.5) is 4.39 Å². The third-order valence-corrected chi connectivity index (χ3v) is 5.77. The molecule has 0 saturated heterocycles. The van der Waals surface area contributed by atoms with Crippen molar-refractivity contribution in [2.75, 3.05) is 6.61 Å². The molecular weight excluding hydrogens is 373 g/mol. The number of pyridine rings is 1. The molecule has 0 aliphatic carbocycles. The first-order chi connectivity index (χ1) is 14.7. The minimum atomic E-state index is -0.245. The van der Waals surface area contributed by atoms with E-state index in [1.807, 2.05) is 24.4 Å². The Kier molecular flexibility index (Phi) is 12.2. The molecule has 0 aliphatic heterocycles. The molecule has 2 nitrogen and oxygen atoms in total. The average molecular weight is 414 g/mol. The van der Waals surface area contributed by atoms with Crippen LogP contribution in [0.25, 0.3) is 0 Å².